The van der Waals surface area contributed by atoms with Crippen molar-refractivity contribution in [1.29, 1.82) is 0 Å². The quantitative estimate of drug-likeness (QED) is 0.724. The Bertz CT molecular complexity index is 956. The van der Waals surface area contributed by atoms with E-state index in [2.05, 4.69) is 15.0 Å². The summed E-state index contributed by atoms with van der Waals surface area (Å²) < 4.78 is 44.0. The van der Waals surface area contributed by atoms with Crippen molar-refractivity contribution >= 4 is 12.0 Å². The van der Waals surface area contributed by atoms with E-state index in [-0.39, 0.29) is 18.6 Å². The minimum absolute atomic E-state index is 0.0244. The minimum atomic E-state index is -4.76. The van der Waals surface area contributed by atoms with Crippen LogP contribution >= 0.6 is 0 Å². The number of hydrogen-bond acceptors (Lipinski definition) is 7. The lowest BCUT2D eigenvalue weighted by Crippen LogP contribution is -2.50. The maximum atomic E-state index is 12.9. The summed E-state index contributed by atoms with van der Waals surface area (Å²) in [6, 6.07) is 0.768. The van der Waals surface area contributed by atoms with E-state index in [0.29, 0.717) is 37.7 Å². The van der Waals surface area contributed by atoms with Crippen LogP contribution in [0.25, 0.3) is 0 Å². The van der Waals surface area contributed by atoms with Gasteiger partial charge in [-0.1, -0.05) is 0 Å². The van der Waals surface area contributed by atoms with Gasteiger partial charge in [0, 0.05) is 56.8 Å². The van der Waals surface area contributed by atoms with E-state index in [1.54, 1.807) is 6.92 Å². The summed E-state index contributed by atoms with van der Waals surface area (Å²) in [6.07, 6.45) is -1.74. The molecule has 1 amide bonds. The van der Waals surface area contributed by atoms with Crippen molar-refractivity contribution in [2.45, 2.75) is 32.2 Å². The fourth-order valence-electron chi connectivity index (χ4n) is 3.16. The van der Waals surface area contributed by atoms with Gasteiger partial charge in [0.2, 0.25) is 5.95 Å². The second kappa shape index (κ2) is 9.33. The van der Waals surface area contributed by atoms with Crippen LogP contribution in [-0.4, -0.2) is 63.3 Å². The highest BCUT2D eigenvalue weighted by Gasteiger charge is 2.34. The number of carbonyl (C=O) groups is 1. The maximum Gasteiger partial charge on any atom is 0.421 e. The average Bonchev–Trinajstić information content (AvgIpc) is 2.74. The third kappa shape index (κ3) is 5.72. The zero-order valence-corrected chi connectivity index (χ0v) is 16.7. The number of aromatic amines is 1. The molecule has 2 N–H and O–H groups in total. The van der Waals surface area contributed by atoms with Crippen LogP contribution in [0.3, 0.4) is 0 Å². The number of nitrogens with zero attached hydrogens (tertiary/aromatic N) is 4. The molecule has 31 heavy (non-hydrogen) atoms. The van der Waals surface area contributed by atoms with Crippen molar-refractivity contribution in [3.8, 4) is 0 Å². The predicted octanol–water partition coefficient (Wildman–Crippen LogP) is 1.57. The van der Waals surface area contributed by atoms with Gasteiger partial charge in [-0.15, -0.1) is 0 Å². The highest BCUT2D eigenvalue weighted by molar-refractivity contribution is 5.68. The number of aromatic nitrogens is 3. The molecule has 12 heteroatoms. The number of nitrogens with one attached hydrogen (secondary N) is 1. The van der Waals surface area contributed by atoms with Crippen LogP contribution in [0.5, 0.6) is 0 Å². The number of rotatable bonds is 5. The number of anilines is 1. The summed E-state index contributed by atoms with van der Waals surface area (Å²) in [6.45, 7) is 3.13. The zero-order chi connectivity index (χ0) is 22.6. The first-order valence-electron chi connectivity index (χ1n) is 9.58. The summed E-state index contributed by atoms with van der Waals surface area (Å²) in [7, 11) is 0. The van der Waals surface area contributed by atoms with Crippen LogP contribution in [-0.2, 0) is 23.9 Å². The molecule has 0 radical (unpaired) electrons. The standard InChI is InChI=1S/C19H22F3N5O4/c1-12(6-13-7-15(19(20,21)22)16(29)23-8-13)31-18(30)27-4-2-26(3-5-27)17-24-9-14(11-28)10-25-17/h7-10,12,28H,2-6,11H2,1H3,(H,23,29). The van der Waals surface area contributed by atoms with E-state index >= 15 is 0 Å². The molecule has 0 aliphatic carbocycles. The number of aliphatic hydroxyl groups excluding tert-OH is 1. The van der Waals surface area contributed by atoms with Crippen molar-refractivity contribution in [2.75, 3.05) is 31.1 Å². The number of pyridine rings is 1. The number of alkyl halides is 3. The molecule has 1 aliphatic heterocycles. The molecule has 1 atom stereocenters. The average molecular weight is 441 g/mol. The largest absolute Gasteiger partial charge is 0.446 e. The van der Waals surface area contributed by atoms with Crippen molar-refractivity contribution in [1.82, 2.24) is 19.9 Å². The molecule has 168 valence electrons. The second-order valence-electron chi connectivity index (χ2n) is 7.17. The normalized spacial score (nSPS) is 15.6. The smallest absolute Gasteiger partial charge is 0.421 e. The molecule has 2 aromatic heterocycles. The molecule has 3 heterocycles. The van der Waals surface area contributed by atoms with Crippen LogP contribution in [0, 0.1) is 0 Å². The minimum Gasteiger partial charge on any atom is -0.446 e. The Balaban J connectivity index is 1.52. The van der Waals surface area contributed by atoms with Gasteiger partial charge in [-0.05, 0) is 18.6 Å². The van der Waals surface area contributed by atoms with Crippen molar-refractivity contribution in [2.24, 2.45) is 0 Å². The highest BCUT2D eigenvalue weighted by Crippen LogP contribution is 2.27. The SMILES string of the molecule is CC(Cc1c[nH]c(=O)c(C(F)(F)F)c1)OC(=O)N1CCN(c2ncc(CO)cn2)CC1. The Hall–Kier alpha value is -3.15. The molecule has 0 aromatic carbocycles. The molecule has 0 bridgehead atoms. The summed E-state index contributed by atoms with van der Waals surface area (Å²) in [5.74, 6) is 0.497. The summed E-state index contributed by atoms with van der Waals surface area (Å²) in [4.78, 5) is 37.6. The molecule has 2 aromatic rings. The van der Waals surface area contributed by atoms with Gasteiger partial charge >= 0.3 is 12.3 Å². The predicted molar refractivity (Wildman–Crippen MR) is 103 cm³/mol. The van der Waals surface area contributed by atoms with Crippen LogP contribution in [0.4, 0.5) is 23.9 Å². The molecule has 0 spiro atoms. The van der Waals surface area contributed by atoms with E-state index < -0.39 is 29.5 Å². The van der Waals surface area contributed by atoms with E-state index in [9.17, 15) is 22.8 Å². The number of hydrogen-bond donors (Lipinski definition) is 2. The van der Waals surface area contributed by atoms with Gasteiger partial charge in [0.05, 0.1) is 6.61 Å². The van der Waals surface area contributed by atoms with Crippen LogP contribution in [0.2, 0.25) is 0 Å². The molecule has 1 aliphatic rings. The highest BCUT2D eigenvalue weighted by atomic mass is 19.4. The van der Waals surface area contributed by atoms with Crippen molar-refractivity contribution in [3.05, 3.63) is 51.7 Å². The van der Waals surface area contributed by atoms with Gasteiger partial charge in [-0.2, -0.15) is 13.2 Å². The van der Waals surface area contributed by atoms with Gasteiger partial charge in [0.15, 0.2) is 0 Å². The molecule has 0 saturated carbocycles. The van der Waals surface area contributed by atoms with Crippen molar-refractivity contribution < 1.29 is 27.8 Å². The third-order valence-corrected chi connectivity index (χ3v) is 4.79. The molecule has 1 saturated heterocycles. The van der Waals surface area contributed by atoms with Crippen LogP contribution < -0.4 is 10.5 Å². The lowest BCUT2D eigenvalue weighted by molar-refractivity contribution is -0.138. The maximum absolute atomic E-state index is 12.9. The van der Waals surface area contributed by atoms with Crippen molar-refractivity contribution in [3.63, 3.8) is 0 Å². The summed E-state index contributed by atoms with van der Waals surface area (Å²) in [5, 5.41) is 9.04. The number of amides is 1. The third-order valence-electron chi connectivity index (χ3n) is 4.79. The van der Waals surface area contributed by atoms with Gasteiger partial charge in [-0.25, -0.2) is 14.8 Å². The molecular weight excluding hydrogens is 419 g/mol. The van der Waals surface area contributed by atoms with Gasteiger partial charge in [-0.3, -0.25) is 4.79 Å². The fraction of sp³-hybridized carbons (Fsp3) is 0.474. The summed E-state index contributed by atoms with van der Waals surface area (Å²) in [5.41, 5.74) is -1.69. The molecule has 1 fully saturated rings. The molecule has 3 rings (SSSR count). The Morgan fingerprint density at radius 1 is 1.23 bits per heavy atom. The zero-order valence-electron chi connectivity index (χ0n) is 16.7. The topological polar surface area (TPSA) is 112 Å². The van der Waals surface area contributed by atoms with E-state index in [4.69, 9.17) is 9.84 Å². The number of piperazine rings is 1. The second-order valence-corrected chi connectivity index (χ2v) is 7.17. The Labute approximate surface area is 175 Å². The molecular formula is C19H22F3N5O4. The fourth-order valence-corrected chi connectivity index (χ4v) is 3.16. The number of halogens is 3. The first kappa shape index (κ1) is 22.5. The van der Waals surface area contributed by atoms with E-state index in [1.165, 1.54) is 23.5 Å². The van der Waals surface area contributed by atoms with Gasteiger partial charge < -0.3 is 24.6 Å². The summed E-state index contributed by atoms with van der Waals surface area (Å²) >= 11 is 0. The monoisotopic (exact) mass is 441 g/mol. The first-order valence-corrected chi connectivity index (χ1v) is 9.58. The van der Waals surface area contributed by atoms with E-state index in [1.807, 2.05) is 4.90 Å². The molecule has 9 nitrogen and oxygen atoms in total. The number of H-pyrrole nitrogens is 1. The van der Waals surface area contributed by atoms with Crippen LogP contribution in [0.1, 0.15) is 23.6 Å². The Morgan fingerprint density at radius 2 is 1.87 bits per heavy atom. The molecule has 1 unspecified atom stereocenters. The van der Waals surface area contributed by atoms with Gasteiger partial charge in [0.25, 0.3) is 5.56 Å². The Morgan fingerprint density at radius 3 is 2.45 bits per heavy atom. The lowest BCUT2D eigenvalue weighted by atomic mass is 10.1. The Kier molecular flexibility index (Phi) is 6.78. The number of aliphatic hydroxyl groups is 1. The number of ether oxygens (including phenoxy) is 1. The first-order chi connectivity index (χ1) is 14.7. The van der Waals surface area contributed by atoms with Crippen LogP contribution in [0.15, 0.2) is 29.5 Å². The lowest BCUT2D eigenvalue weighted by Gasteiger charge is -2.34. The number of carbonyl (C=O) groups excluding carboxylic acids is 1. The van der Waals surface area contributed by atoms with Gasteiger partial charge in [0.1, 0.15) is 11.7 Å². The van der Waals surface area contributed by atoms with E-state index in [0.717, 1.165) is 6.07 Å².